The van der Waals surface area contributed by atoms with E-state index in [1.807, 2.05) is 0 Å². The molecule has 1 saturated heterocycles. The first-order chi connectivity index (χ1) is 13.4. The van der Waals surface area contributed by atoms with Crippen LogP contribution in [-0.4, -0.2) is 39.6 Å². The van der Waals surface area contributed by atoms with E-state index in [2.05, 4.69) is 10.4 Å². The number of rotatable bonds is 2. The number of halogens is 3. The van der Waals surface area contributed by atoms with Crippen molar-refractivity contribution >= 4 is 11.8 Å². The lowest BCUT2D eigenvalue weighted by Crippen LogP contribution is -2.52. The van der Waals surface area contributed by atoms with Gasteiger partial charge in [-0.15, -0.1) is 0 Å². The third-order valence-corrected chi connectivity index (χ3v) is 5.17. The topological polar surface area (TPSA) is 67.2 Å². The highest BCUT2D eigenvalue weighted by Gasteiger charge is 2.42. The quantitative estimate of drug-likeness (QED) is 0.854. The van der Waals surface area contributed by atoms with Gasteiger partial charge >= 0.3 is 6.18 Å². The van der Waals surface area contributed by atoms with Crippen molar-refractivity contribution in [1.29, 1.82) is 0 Å². The molecule has 2 aliphatic heterocycles. The van der Waals surface area contributed by atoms with Crippen LogP contribution >= 0.6 is 0 Å². The average molecular weight is 392 g/mol. The van der Waals surface area contributed by atoms with Gasteiger partial charge in [0.05, 0.1) is 5.56 Å². The van der Waals surface area contributed by atoms with E-state index < -0.39 is 29.6 Å². The highest BCUT2D eigenvalue weighted by molar-refractivity contribution is 5.97. The van der Waals surface area contributed by atoms with Gasteiger partial charge < -0.3 is 10.2 Å². The summed E-state index contributed by atoms with van der Waals surface area (Å²) in [6.07, 6.45) is -1.85. The predicted molar refractivity (Wildman–Crippen MR) is 93.4 cm³/mol. The summed E-state index contributed by atoms with van der Waals surface area (Å²) in [5.74, 6) is -1.15. The second kappa shape index (κ2) is 6.96. The lowest BCUT2D eigenvalue weighted by Gasteiger charge is -2.35. The first kappa shape index (κ1) is 18.5. The van der Waals surface area contributed by atoms with Crippen LogP contribution in [0.4, 0.5) is 13.2 Å². The van der Waals surface area contributed by atoms with E-state index in [0.29, 0.717) is 6.54 Å². The van der Waals surface area contributed by atoms with E-state index in [1.165, 1.54) is 23.1 Å². The molecule has 2 aliphatic rings. The molecule has 0 saturated carbocycles. The van der Waals surface area contributed by atoms with Gasteiger partial charge in [0.25, 0.3) is 5.91 Å². The van der Waals surface area contributed by atoms with Gasteiger partial charge in [0, 0.05) is 25.3 Å². The number of carbonyl (C=O) groups excluding carboxylic acids is 2. The minimum Gasteiger partial charge on any atom is -0.352 e. The number of aromatic nitrogens is 2. The Kier molecular flexibility index (Phi) is 4.60. The molecule has 2 aromatic rings. The summed E-state index contributed by atoms with van der Waals surface area (Å²) >= 11 is 0. The van der Waals surface area contributed by atoms with Crippen molar-refractivity contribution in [1.82, 2.24) is 20.0 Å². The zero-order chi connectivity index (χ0) is 19.9. The first-order valence-corrected chi connectivity index (χ1v) is 9.18. The Bertz CT molecular complexity index is 899. The summed E-state index contributed by atoms with van der Waals surface area (Å²) in [6, 6.07) is 5.21. The van der Waals surface area contributed by atoms with Gasteiger partial charge in [0.2, 0.25) is 5.91 Å². The zero-order valence-corrected chi connectivity index (χ0v) is 15.0. The number of hydrogen-bond acceptors (Lipinski definition) is 3. The minimum atomic E-state index is -4.63. The van der Waals surface area contributed by atoms with E-state index >= 15 is 0 Å². The van der Waals surface area contributed by atoms with Gasteiger partial charge in [-0.2, -0.15) is 18.3 Å². The molecule has 6 nitrogen and oxygen atoms in total. The number of alkyl halides is 3. The van der Waals surface area contributed by atoms with Crippen LogP contribution in [0.1, 0.15) is 46.2 Å². The Balaban J connectivity index is 1.73. The summed E-state index contributed by atoms with van der Waals surface area (Å²) in [7, 11) is 0. The normalized spacial score (nSPS) is 19.9. The van der Waals surface area contributed by atoms with E-state index in [4.69, 9.17) is 0 Å². The molecule has 0 spiro atoms. The Hall–Kier alpha value is -2.84. The fourth-order valence-corrected chi connectivity index (χ4v) is 3.86. The van der Waals surface area contributed by atoms with Crippen LogP contribution < -0.4 is 5.32 Å². The molecule has 1 fully saturated rings. The summed E-state index contributed by atoms with van der Waals surface area (Å²) in [5.41, 5.74) is -0.0482. The van der Waals surface area contributed by atoms with Crippen LogP contribution in [-0.2, 0) is 23.9 Å². The van der Waals surface area contributed by atoms with E-state index in [0.717, 1.165) is 31.0 Å². The number of nitrogens with zero attached hydrogens (tertiary/aromatic N) is 3. The molecular weight excluding hydrogens is 373 g/mol. The van der Waals surface area contributed by atoms with Crippen LogP contribution in [0, 0.1) is 0 Å². The smallest absolute Gasteiger partial charge is 0.352 e. The summed E-state index contributed by atoms with van der Waals surface area (Å²) in [4.78, 5) is 26.8. The number of amides is 2. The molecule has 0 bridgehead atoms. The first-order valence-electron chi connectivity index (χ1n) is 9.18. The van der Waals surface area contributed by atoms with Crippen molar-refractivity contribution in [2.75, 3.05) is 13.1 Å². The number of benzene rings is 1. The molecule has 1 N–H and O–H groups in total. The summed E-state index contributed by atoms with van der Waals surface area (Å²) in [5, 5.41) is 6.89. The Morgan fingerprint density at radius 2 is 1.96 bits per heavy atom. The van der Waals surface area contributed by atoms with Gasteiger partial charge in [0.1, 0.15) is 6.04 Å². The molecule has 0 radical (unpaired) electrons. The molecule has 0 unspecified atom stereocenters. The molecule has 9 heteroatoms. The molecule has 4 rings (SSSR count). The fraction of sp³-hybridized carbons (Fsp3) is 0.421. The molecule has 1 atom stereocenters. The average Bonchev–Trinajstić information content (AvgIpc) is 3.11. The molecule has 3 heterocycles. The Morgan fingerprint density at radius 3 is 2.71 bits per heavy atom. The van der Waals surface area contributed by atoms with Crippen LogP contribution in [0.15, 0.2) is 30.3 Å². The van der Waals surface area contributed by atoms with Crippen LogP contribution in [0.2, 0.25) is 0 Å². The lowest BCUT2D eigenvalue weighted by molar-refractivity contribution is -0.139. The van der Waals surface area contributed by atoms with Gasteiger partial charge in [0.15, 0.2) is 5.69 Å². The summed E-state index contributed by atoms with van der Waals surface area (Å²) < 4.78 is 42.2. The van der Waals surface area contributed by atoms with Gasteiger partial charge in [-0.3, -0.25) is 14.3 Å². The second-order valence-electron chi connectivity index (χ2n) is 6.98. The van der Waals surface area contributed by atoms with Crippen LogP contribution in [0.5, 0.6) is 0 Å². The van der Waals surface area contributed by atoms with Crippen molar-refractivity contribution < 1.29 is 22.8 Å². The van der Waals surface area contributed by atoms with Crippen molar-refractivity contribution in [2.45, 2.75) is 38.0 Å². The van der Waals surface area contributed by atoms with Crippen molar-refractivity contribution in [3.05, 3.63) is 52.8 Å². The van der Waals surface area contributed by atoms with Crippen molar-refractivity contribution in [2.24, 2.45) is 0 Å². The fourth-order valence-electron chi connectivity index (χ4n) is 3.86. The van der Waals surface area contributed by atoms with Crippen molar-refractivity contribution in [3.8, 4) is 0 Å². The zero-order valence-electron chi connectivity index (χ0n) is 15.0. The number of fused-ring (bicyclic) bond motifs is 1. The molecule has 28 heavy (non-hydrogen) atoms. The molecule has 0 aliphatic carbocycles. The van der Waals surface area contributed by atoms with E-state index in [9.17, 15) is 22.8 Å². The van der Waals surface area contributed by atoms with Crippen LogP contribution in [0.3, 0.4) is 0 Å². The van der Waals surface area contributed by atoms with Crippen LogP contribution in [0.25, 0.3) is 0 Å². The molecule has 1 aromatic carbocycles. The number of hydrogen-bond donors (Lipinski definition) is 1. The number of nitrogens with one attached hydrogen (secondary N) is 1. The highest BCUT2D eigenvalue weighted by atomic mass is 19.4. The number of piperazine rings is 1. The SMILES string of the molecule is O=C1NCCN(C(=O)c2cc3n(n2)CCCC3)[C@@H]1c1ccccc1C(F)(F)F. The summed E-state index contributed by atoms with van der Waals surface area (Å²) in [6.45, 7) is 1.01. The van der Waals surface area contributed by atoms with Gasteiger partial charge in [-0.05, 0) is 37.0 Å². The maximum absolute atomic E-state index is 13.5. The molecule has 2 amide bonds. The highest BCUT2D eigenvalue weighted by Crippen LogP contribution is 2.37. The predicted octanol–water partition coefficient (Wildman–Crippen LogP) is 2.55. The molecule has 148 valence electrons. The monoisotopic (exact) mass is 392 g/mol. The second-order valence-corrected chi connectivity index (χ2v) is 6.98. The Morgan fingerprint density at radius 1 is 1.18 bits per heavy atom. The standard InChI is InChI=1S/C19H19F3N4O2/c20-19(21,22)14-7-2-1-6-13(14)16-17(27)23-8-10-25(16)18(28)15-11-12-5-3-4-9-26(12)24-15/h1-2,6-7,11,16H,3-5,8-10H2,(H,23,27)/t16-/m1/s1. The maximum Gasteiger partial charge on any atom is 0.416 e. The third-order valence-electron chi connectivity index (χ3n) is 5.17. The maximum atomic E-state index is 13.5. The van der Waals surface area contributed by atoms with E-state index in [-0.39, 0.29) is 24.3 Å². The van der Waals surface area contributed by atoms with Crippen molar-refractivity contribution in [3.63, 3.8) is 0 Å². The van der Waals surface area contributed by atoms with E-state index in [1.54, 1.807) is 10.7 Å². The largest absolute Gasteiger partial charge is 0.416 e. The third kappa shape index (κ3) is 3.25. The number of aryl methyl sites for hydroxylation is 2. The molecular formula is C19H19F3N4O2. The minimum absolute atomic E-state index is 0.115. The van der Waals surface area contributed by atoms with Gasteiger partial charge in [-0.1, -0.05) is 18.2 Å². The number of carbonyl (C=O) groups is 2. The lowest BCUT2D eigenvalue weighted by atomic mass is 9.96. The Labute approximate surface area is 159 Å². The molecule has 1 aromatic heterocycles. The van der Waals surface area contributed by atoms with Gasteiger partial charge in [-0.25, -0.2) is 0 Å².